The molecule has 1 aliphatic rings. The number of carboxylic acid groups (broad SMARTS) is 1. The molecule has 0 aromatic carbocycles. The normalized spacial score (nSPS) is 14.8. The molecule has 0 saturated carbocycles. The Hall–Kier alpha value is -2.08. The van der Waals surface area contributed by atoms with Crippen LogP contribution in [-0.2, 0) is 17.9 Å². The summed E-state index contributed by atoms with van der Waals surface area (Å²) >= 11 is 0. The van der Waals surface area contributed by atoms with Gasteiger partial charge in [-0.3, -0.25) is 14.5 Å². The average molecular weight is 320 g/mol. The lowest BCUT2D eigenvalue weighted by molar-refractivity contribution is -0.138. The molecule has 0 fully saturated rings. The van der Waals surface area contributed by atoms with E-state index < -0.39 is 11.4 Å². The number of aliphatic carboxylic acids is 1. The third kappa shape index (κ3) is 5.25. The fourth-order valence-corrected chi connectivity index (χ4v) is 2.91. The van der Waals surface area contributed by atoms with Crippen LogP contribution in [0.1, 0.15) is 37.8 Å². The summed E-state index contributed by atoms with van der Waals surface area (Å²) in [6.45, 7) is 0.928. The summed E-state index contributed by atoms with van der Waals surface area (Å²) in [7, 11) is 1.69. The van der Waals surface area contributed by atoms with Gasteiger partial charge in [-0.05, 0) is 39.2 Å². The summed E-state index contributed by atoms with van der Waals surface area (Å²) in [4.78, 5) is 24.1. The molecule has 0 spiro atoms. The Morgan fingerprint density at radius 2 is 2.17 bits per heavy atom. The lowest BCUT2D eigenvalue weighted by Crippen LogP contribution is -2.27. The van der Waals surface area contributed by atoms with Crippen molar-refractivity contribution in [3.05, 3.63) is 39.8 Å². The van der Waals surface area contributed by atoms with E-state index >= 15 is 0 Å². The zero-order valence-electron chi connectivity index (χ0n) is 13.5. The van der Waals surface area contributed by atoms with Crippen molar-refractivity contribution >= 4 is 5.97 Å². The maximum atomic E-state index is 11.7. The summed E-state index contributed by atoms with van der Waals surface area (Å²) in [5.41, 5.74) is 1.70. The Morgan fingerprint density at radius 3 is 2.83 bits per heavy atom. The van der Waals surface area contributed by atoms with Gasteiger partial charge in [0.1, 0.15) is 0 Å². The molecule has 0 amide bonds. The van der Waals surface area contributed by atoms with Crippen LogP contribution in [0, 0.1) is 0 Å². The second kappa shape index (κ2) is 7.97. The lowest BCUT2D eigenvalue weighted by Gasteiger charge is -2.20. The molecule has 126 valence electrons. The van der Waals surface area contributed by atoms with Crippen LogP contribution in [0.3, 0.4) is 0 Å². The number of carbonyl (C=O) groups is 1. The first-order chi connectivity index (χ1) is 11.0. The van der Waals surface area contributed by atoms with E-state index in [1.807, 2.05) is 4.57 Å². The number of aromatic hydroxyl groups is 1. The van der Waals surface area contributed by atoms with Gasteiger partial charge < -0.3 is 14.8 Å². The van der Waals surface area contributed by atoms with Crippen molar-refractivity contribution in [1.29, 1.82) is 0 Å². The molecule has 0 aliphatic heterocycles. The second-order valence-corrected chi connectivity index (χ2v) is 6.13. The molecule has 0 radical (unpaired) electrons. The predicted octanol–water partition coefficient (Wildman–Crippen LogP) is 1.96. The fraction of sp³-hybridized carbons (Fsp3) is 0.529. The van der Waals surface area contributed by atoms with E-state index in [1.165, 1.54) is 30.7 Å². The number of rotatable bonds is 7. The summed E-state index contributed by atoms with van der Waals surface area (Å²) < 4.78 is 1.85. The quantitative estimate of drug-likeness (QED) is 0.751. The Bertz CT molecular complexity index is 648. The van der Waals surface area contributed by atoms with Crippen molar-refractivity contribution in [2.75, 3.05) is 13.6 Å². The smallest absolute Gasteiger partial charge is 0.317 e. The molecule has 1 heterocycles. The largest absolute Gasteiger partial charge is 0.503 e. The van der Waals surface area contributed by atoms with Crippen molar-refractivity contribution in [2.45, 2.75) is 45.2 Å². The van der Waals surface area contributed by atoms with E-state index in [-0.39, 0.29) is 12.3 Å². The highest BCUT2D eigenvalue weighted by atomic mass is 16.4. The molecule has 2 N–H and O–H groups in total. The first kappa shape index (κ1) is 17.3. The molecule has 0 atom stereocenters. The number of hydrogen-bond acceptors (Lipinski definition) is 4. The van der Waals surface area contributed by atoms with Crippen molar-refractivity contribution in [3.8, 4) is 5.75 Å². The van der Waals surface area contributed by atoms with Crippen LogP contribution in [0.2, 0.25) is 0 Å². The zero-order valence-corrected chi connectivity index (χ0v) is 13.5. The van der Waals surface area contributed by atoms with Crippen molar-refractivity contribution in [2.24, 2.45) is 0 Å². The summed E-state index contributed by atoms with van der Waals surface area (Å²) in [5.74, 6) is -1.18. The topological polar surface area (TPSA) is 82.8 Å². The molecule has 2 rings (SSSR count). The van der Waals surface area contributed by atoms with E-state index in [2.05, 4.69) is 6.08 Å². The summed E-state index contributed by atoms with van der Waals surface area (Å²) in [6, 6.07) is 1.39. The van der Waals surface area contributed by atoms with Gasteiger partial charge in [-0.25, -0.2) is 0 Å². The van der Waals surface area contributed by atoms with Gasteiger partial charge in [-0.1, -0.05) is 11.6 Å². The van der Waals surface area contributed by atoms with Crippen LogP contribution in [-0.4, -0.2) is 39.2 Å². The van der Waals surface area contributed by atoms with E-state index in [0.29, 0.717) is 18.8 Å². The molecule has 6 heteroatoms. The summed E-state index contributed by atoms with van der Waals surface area (Å²) in [5, 5.41) is 18.5. The number of likely N-dealkylation sites (N-methyl/N-ethyl adjacent to an activating group) is 1. The minimum absolute atomic E-state index is 0.0970. The van der Waals surface area contributed by atoms with Crippen LogP contribution in [0.15, 0.2) is 28.7 Å². The van der Waals surface area contributed by atoms with Crippen LogP contribution in [0.25, 0.3) is 0 Å². The van der Waals surface area contributed by atoms with E-state index in [4.69, 9.17) is 5.11 Å². The van der Waals surface area contributed by atoms with Crippen LogP contribution in [0.5, 0.6) is 5.75 Å². The van der Waals surface area contributed by atoms with E-state index in [1.54, 1.807) is 11.9 Å². The molecule has 0 unspecified atom stereocenters. The van der Waals surface area contributed by atoms with Crippen LogP contribution >= 0.6 is 0 Å². The van der Waals surface area contributed by atoms with Crippen LogP contribution in [0.4, 0.5) is 0 Å². The van der Waals surface area contributed by atoms with Gasteiger partial charge in [-0.15, -0.1) is 0 Å². The Morgan fingerprint density at radius 1 is 1.39 bits per heavy atom. The van der Waals surface area contributed by atoms with Crippen LogP contribution < -0.4 is 5.43 Å². The third-order valence-corrected chi connectivity index (χ3v) is 4.09. The maximum absolute atomic E-state index is 11.7. The first-order valence-corrected chi connectivity index (χ1v) is 7.96. The molecule has 1 aromatic heterocycles. The minimum atomic E-state index is -0.910. The molecule has 23 heavy (non-hydrogen) atoms. The van der Waals surface area contributed by atoms with Gasteiger partial charge >= 0.3 is 5.97 Å². The number of nitrogens with zero attached hydrogens (tertiary/aromatic N) is 2. The van der Waals surface area contributed by atoms with Gasteiger partial charge in [0, 0.05) is 24.8 Å². The van der Waals surface area contributed by atoms with Crippen molar-refractivity contribution < 1.29 is 15.0 Å². The van der Waals surface area contributed by atoms with Gasteiger partial charge in [-0.2, -0.15) is 0 Å². The highest BCUT2D eigenvalue weighted by Gasteiger charge is 2.12. The third-order valence-electron chi connectivity index (χ3n) is 4.09. The maximum Gasteiger partial charge on any atom is 0.317 e. The highest BCUT2D eigenvalue weighted by Crippen LogP contribution is 2.21. The van der Waals surface area contributed by atoms with Gasteiger partial charge in [0.25, 0.3) is 0 Å². The molecule has 0 saturated heterocycles. The zero-order chi connectivity index (χ0) is 16.8. The molecule has 1 aliphatic carbocycles. The number of allylic oxidation sites excluding steroid dienone is 2. The number of pyridine rings is 1. The van der Waals surface area contributed by atoms with Crippen molar-refractivity contribution in [3.63, 3.8) is 0 Å². The molecule has 0 bridgehead atoms. The Kier molecular flexibility index (Phi) is 5.98. The van der Waals surface area contributed by atoms with Gasteiger partial charge in [0.2, 0.25) is 5.43 Å². The minimum Gasteiger partial charge on any atom is -0.503 e. The predicted molar refractivity (Wildman–Crippen MR) is 87.5 cm³/mol. The van der Waals surface area contributed by atoms with E-state index in [0.717, 1.165) is 19.3 Å². The molecule has 6 nitrogen and oxygen atoms in total. The summed E-state index contributed by atoms with van der Waals surface area (Å²) in [6.07, 6.45) is 9.32. The monoisotopic (exact) mass is 320 g/mol. The number of aromatic nitrogens is 1. The molecular weight excluding hydrogens is 296 g/mol. The van der Waals surface area contributed by atoms with Gasteiger partial charge in [0.15, 0.2) is 5.75 Å². The SMILES string of the molecule is CN(CC(=O)O)Cc1cc(=O)c(O)cn1CCC1=CCCCC1. The Balaban J connectivity index is 2.12. The fourth-order valence-electron chi connectivity index (χ4n) is 2.91. The van der Waals surface area contributed by atoms with Gasteiger partial charge in [0.05, 0.1) is 12.7 Å². The molecular formula is C17H24N2O4. The number of aryl methyl sites for hydroxylation is 1. The van der Waals surface area contributed by atoms with E-state index in [9.17, 15) is 14.7 Å². The number of hydrogen-bond donors (Lipinski definition) is 2. The standard InChI is InChI=1S/C17H24N2O4/c1-18(12-17(22)23)10-14-9-15(20)16(21)11-19(14)8-7-13-5-3-2-4-6-13/h5,9,11,21H,2-4,6-8,10,12H2,1H3,(H,22,23). The van der Waals surface area contributed by atoms with Crippen molar-refractivity contribution in [1.82, 2.24) is 9.47 Å². The highest BCUT2D eigenvalue weighted by molar-refractivity contribution is 5.69. The first-order valence-electron chi connectivity index (χ1n) is 7.96. The molecule has 1 aromatic rings. The number of carboxylic acids is 1. The average Bonchev–Trinajstić information content (AvgIpc) is 2.49. The lowest BCUT2D eigenvalue weighted by atomic mass is 9.97. The second-order valence-electron chi connectivity index (χ2n) is 6.13. The Labute approximate surface area is 135 Å².